The number of halogens is 1. The van der Waals surface area contributed by atoms with Crippen LogP contribution in [-0.4, -0.2) is 18.3 Å². The molecule has 0 bridgehead atoms. The van der Waals surface area contributed by atoms with Crippen LogP contribution in [0.3, 0.4) is 0 Å². The normalized spacial score (nSPS) is 12.3. The first-order valence-electron chi connectivity index (χ1n) is 3.14. The van der Waals surface area contributed by atoms with E-state index >= 15 is 0 Å². The fraction of sp³-hybridized carbons (Fsp3) is 0.833. The van der Waals surface area contributed by atoms with Crippen LogP contribution in [0, 0.1) is 0 Å². The minimum absolute atomic E-state index is 0.377. The SMILES string of the molecule is CCCOC(=O)O[C@@H](C)Cl. The molecular weight excluding hydrogens is 156 g/mol. The summed E-state index contributed by atoms with van der Waals surface area (Å²) in [5, 5.41) is 0. The van der Waals surface area contributed by atoms with Gasteiger partial charge in [0.25, 0.3) is 0 Å². The molecule has 0 heterocycles. The summed E-state index contributed by atoms with van der Waals surface area (Å²) in [6.07, 6.45) is 0.0792. The molecule has 0 saturated heterocycles. The summed E-state index contributed by atoms with van der Waals surface area (Å²) in [4.78, 5) is 10.5. The Hall–Kier alpha value is -0.440. The fourth-order valence-electron chi connectivity index (χ4n) is 0.352. The van der Waals surface area contributed by atoms with E-state index in [1.165, 1.54) is 0 Å². The molecule has 10 heavy (non-hydrogen) atoms. The first-order chi connectivity index (χ1) is 4.66. The molecule has 0 aromatic heterocycles. The van der Waals surface area contributed by atoms with Crippen molar-refractivity contribution in [3.05, 3.63) is 0 Å². The van der Waals surface area contributed by atoms with Crippen LogP contribution in [0.1, 0.15) is 20.3 Å². The smallest absolute Gasteiger partial charge is 0.434 e. The third-order valence-electron chi connectivity index (χ3n) is 0.683. The van der Waals surface area contributed by atoms with Crippen LogP contribution in [0.5, 0.6) is 0 Å². The quantitative estimate of drug-likeness (QED) is 0.476. The van der Waals surface area contributed by atoms with Crippen LogP contribution in [0.4, 0.5) is 4.79 Å². The van der Waals surface area contributed by atoms with Crippen LogP contribution >= 0.6 is 11.6 Å². The molecule has 0 unspecified atom stereocenters. The van der Waals surface area contributed by atoms with Crippen molar-refractivity contribution in [1.82, 2.24) is 0 Å². The van der Waals surface area contributed by atoms with Crippen molar-refractivity contribution in [2.75, 3.05) is 6.61 Å². The predicted molar refractivity (Wildman–Crippen MR) is 38.0 cm³/mol. The molecule has 0 N–H and O–H groups in total. The molecule has 0 aromatic rings. The second-order valence-electron chi connectivity index (χ2n) is 1.76. The first kappa shape index (κ1) is 9.56. The molecule has 1 atom stereocenters. The van der Waals surface area contributed by atoms with Gasteiger partial charge in [-0.15, -0.1) is 0 Å². The van der Waals surface area contributed by atoms with E-state index in [0.29, 0.717) is 6.61 Å². The van der Waals surface area contributed by atoms with E-state index in [2.05, 4.69) is 9.47 Å². The van der Waals surface area contributed by atoms with Crippen molar-refractivity contribution in [2.24, 2.45) is 0 Å². The van der Waals surface area contributed by atoms with Gasteiger partial charge in [-0.3, -0.25) is 0 Å². The summed E-state index contributed by atoms with van der Waals surface area (Å²) in [6.45, 7) is 3.83. The molecule has 0 fully saturated rings. The van der Waals surface area contributed by atoms with E-state index in [1.54, 1.807) is 6.92 Å². The van der Waals surface area contributed by atoms with Crippen LogP contribution in [0.2, 0.25) is 0 Å². The zero-order chi connectivity index (χ0) is 7.98. The maximum absolute atomic E-state index is 10.5. The van der Waals surface area contributed by atoms with E-state index in [4.69, 9.17) is 11.6 Å². The van der Waals surface area contributed by atoms with Crippen molar-refractivity contribution in [1.29, 1.82) is 0 Å². The van der Waals surface area contributed by atoms with Crippen molar-refractivity contribution in [3.63, 3.8) is 0 Å². The first-order valence-corrected chi connectivity index (χ1v) is 3.58. The van der Waals surface area contributed by atoms with Crippen molar-refractivity contribution in [2.45, 2.75) is 25.8 Å². The molecule has 3 nitrogen and oxygen atoms in total. The second kappa shape index (κ2) is 5.35. The number of carbonyl (C=O) groups excluding carboxylic acids is 1. The van der Waals surface area contributed by atoms with E-state index in [0.717, 1.165) is 6.42 Å². The Bertz CT molecular complexity index is 103. The summed E-state index contributed by atoms with van der Waals surface area (Å²) in [6, 6.07) is 0. The summed E-state index contributed by atoms with van der Waals surface area (Å²) in [5.74, 6) is 0. The van der Waals surface area contributed by atoms with Crippen molar-refractivity contribution >= 4 is 17.8 Å². The van der Waals surface area contributed by atoms with Gasteiger partial charge < -0.3 is 9.47 Å². The summed E-state index contributed by atoms with van der Waals surface area (Å²) in [7, 11) is 0. The van der Waals surface area contributed by atoms with E-state index in [1.807, 2.05) is 6.92 Å². The highest BCUT2D eigenvalue weighted by atomic mass is 35.5. The van der Waals surface area contributed by atoms with Gasteiger partial charge in [0.1, 0.15) is 0 Å². The maximum Gasteiger partial charge on any atom is 0.509 e. The highest BCUT2D eigenvalue weighted by Gasteiger charge is 2.05. The average Bonchev–Trinajstić information content (AvgIpc) is 1.82. The minimum atomic E-state index is -0.704. The van der Waals surface area contributed by atoms with Crippen LogP contribution in [0.15, 0.2) is 0 Å². The number of hydrogen-bond acceptors (Lipinski definition) is 3. The highest BCUT2D eigenvalue weighted by Crippen LogP contribution is 1.98. The monoisotopic (exact) mass is 166 g/mol. The lowest BCUT2D eigenvalue weighted by Crippen LogP contribution is -2.11. The number of carbonyl (C=O) groups is 1. The zero-order valence-electron chi connectivity index (χ0n) is 6.09. The number of ether oxygens (including phenoxy) is 2. The Morgan fingerprint density at radius 3 is 2.70 bits per heavy atom. The molecule has 0 aromatic carbocycles. The molecule has 0 aliphatic heterocycles. The number of hydrogen-bond donors (Lipinski definition) is 0. The van der Waals surface area contributed by atoms with Gasteiger partial charge in [-0.25, -0.2) is 4.79 Å². The number of rotatable bonds is 3. The van der Waals surface area contributed by atoms with Crippen molar-refractivity contribution < 1.29 is 14.3 Å². The Balaban J connectivity index is 3.26. The molecule has 0 aliphatic rings. The molecular formula is C6H11ClO3. The van der Waals surface area contributed by atoms with Gasteiger partial charge in [-0.1, -0.05) is 18.5 Å². The fourth-order valence-corrected chi connectivity index (χ4v) is 0.425. The van der Waals surface area contributed by atoms with Crippen LogP contribution in [0.25, 0.3) is 0 Å². The van der Waals surface area contributed by atoms with Crippen LogP contribution < -0.4 is 0 Å². The van der Waals surface area contributed by atoms with E-state index in [9.17, 15) is 4.79 Å². The van der Waals surface area contributed by atoms with E-state index in [-0.39, 0.29) is 0 Å². The van der Waals surface area contributed by atoms with Gasteiger partial charge in [-0.05, 0) is 13.3 Å². The summed E-state index contributed by atoms with van der Waals surface area (Å²) in [5.41, 5.74) is -0.621. The van der Waals surface area contributed by atoms with E-state index < -0.39 is 11.7 Å². The second-order valence-corrected chi connectivity index (χ2v) is 2.37. The van der Waals surface area contributed by atoms with Gasteiger partial charge in [0.05, 0.1) is 6.61 Å². The Kier molecular flexibility index (Phi) is 5.12. The summed E-state index contributed by atoms with van der Waals surface area (Å²) < 4.78 is 9.01. The summed E-state index contributed by atoms with van der Waals surface area (Å²) >= 11 is 5.33. The number of alkyl halides is 1. The molecule has 4 heteroatoms. The Labute approximate surface area is 65.3 Å². The lowest BCUT2D eigenvalue weighted by molar-refractivity contribution is 0.0498. The zero-order valence-corrected chi connectivity index (χ0v) is 6.85. The van der Waals surface area contributed by atoms with Gasteiger partial charge in [0.15, 0.2) is 5.56 Å². The van der Waals surface area contributed by atoms with Crippen LogP contribution in [-0.2, 0) is 9.47 Å². The molecule has 0 spiro atoms. The molecule has 0 saturated carbocycles. The Morgan fingerprint density at radius 2 is 2.30 bits per heavy atom. The molecule has 0 radical (unpaired) electrons. The highest BCUT2D eigenvalue weighted by molar-refractivity contribution is 6.19. The molecule has 0 amide bonds. The van der Waals surface area contributed by atoms with Gasteiger partial charge in [-0.2, -0.15) is 0 Å². The molecule has 0 rings (SSSR count). The lowest BCUT2D eigenvalue weighted by atomic mass is 10.5. The molecule has 60 valence electrons. The van der Waals surface area contributed by atoms with Crippen molar-refractivity contribution in [3.8, 4) is 0 Å². The lowest BCUT2D eigenvalue weighted by Gasteiger charge is -2.05. The standard InChI is InChI=1S/C6H11ClO3/c1-3-4-9-6(8)10-5(2)7/h5H,3-4H2,1-2H3/t5-/m0/s1. The van der Waals surface area contributed by atoms with Gasteiger partial charge in [0, 0.05) is 0 Å². The van der Waals surface area contributed by atoms with Gasteiger partial charge in [0.2, 0.25) is 0 Å². The maximum atomic E-state index is 10.5. The largest absolute Gasteiger partial charge is 0.509 e. The predicted octanol–water partition coefficient (Wildman–Crippen LogP) is 2.13. The molecule has 0 aliphatic carbocycles. The van der Waals surface area contributed by atoms with Gasteiger partial charge >= 0.3 is 6.16 Å². The third-order valence-corrected chi connectivity index (χ3v) is 0.772. The average molecular weight is 167 g/mol. The Morgan fingerprint density at radius 1 is 1.70 bits per heavy atom. The topological polar surface area (TPSA) is 35.5 Å². The third kappa shape index (κ3) is 5.69. The minimum Gasteiger partial charge on any atom is -0.434 e.